The number of piperazine rings is 1. The molecule has 6 nitrogen and oxygen atoms in total. The van der Waals surface area contributed by atoms with Gasteiger partial charge < -0.3 is 20.2 Å². The molecule has 3 rings (SSSR count). The van der Waals surface area contributed by atoms with Gasteiger partial charge in [-0.1, -0.05) is 24.3 Å². The number of nitrogens with one attached hydrogen (secondary N) is 1. The van der Waals surface area contributed by atoms with Crippen LogP contribution in [0.2, 0.25) is 0 Å². The third-order valence-corrected chi connectivity index (χ3v) is 5.06. The number of aryl methyl sites for hydroxylation is 1. The number of amides is 1. The van der Waals surface area contributed by atoms with E-state index in [9.17, 15) is 15.2 Å². The van der Waals surface area contributed by atoms with Gasteiger partial charge in [-0.05, 0) is 43.2 Å². The lowest BCUT2D eigenvalue weighted by Gasteiger charge is -2.36. The van der Waals surface area contributed by atoms with Crippen LogP contribution >= 0.6 is 12.4 Å². The SMILES string of the molecule is Cc1cccc(N2CCN(/C=C(/C#N)C(=O)Nc3ccccc3O)CC2)c1C.Cl. The molecule has 0 aromatic heterocycles. The number of phenols is 1. The van der Waals surface area contributed by atoms with Crippen LogP contribution in [-0.4, -0.2) is 42.1 Å². The lowest BCUT2D eigenvalue weighted by atomic mass is 10.1. The highest BCUT2D eigenvalue weighted by Crippen LogP contribution is 2.24. The summed E-state index contributed by atoms with van der Waals surface area (Å²) in [4.78, 5) is 16.7. The first-order chi connectivity index (χ1) is 13.5. The summed E-state index contributed by atoms with van der Waals surface area (Å²) >= 11 is 0. The second-order valence-corrected chi connectivity index (χ2v) is 6.87. The molecule has 1 saturated heterocycles. The Labute approximate surface area is 177 Å². The summed E-state index contributed by atoms with van der Waals surface area (Å²) in [6.45, 7) is 7.33. The Morgan fingerprint density at radius 3 is 2.45 bits per heavy atom. The van der Waals surface area contributed by atoms with Gasteiger partial charge in [0, 0.05) is 38.1 Å². The molecule has 2 aromatic carbocycles. The van der Waals surface area contributed by atoms with Gasteiger partial charge in [-0.2, -0.15) is 5.26 Å². The zero-order valence-corrected chi connectivity index (χ0v) is 17.4. The fourth-order valence-electron chi connectivity index (χ4n) is 3.26. The van der Waals surface area contributed by atoms with Gasteiger partial charge in [0.25, 0.3) is 5.91 Å². The number of halogens is 1. The fourth-order valence-corrected chi connectivity index (χ4v) is 3.26. The van der Waals surface area contributed by atoms with E-state index in [0.29, 0.717) is 0 Å². The first-order valence-electron chi connectivity index (χ1n) is 9.26. The molecular weight excluding hydrogens is 388 g/mol. The minimum Gasteiger partial charge on any atom is -0.506 e. The maximum absolute atomic E-state index is 12.4. The summed E-state index contributed by atoms with van der Waals surface area (Å²) in [5.74, 6) is -0.559. The fraction of sp³-hybridized carbons (Fsp3) is 0.273. The third-order valence-electron chi connectivity index (χ3n) is 5.06. The smallest absolute Gasteiger partial charge is 0.267 e. The lowest BCUT2D eigenvalue weighted by molar-refractivity contribution is -0.112. The molecule has 1 amide bonds. The van der Waals surface area contributed by atoms with E-state index in [0.717, 1.165) is 26.2 Å². The van der Waals surface area contributed by atoms with E-state index in [-0.39, 0.29) is 29.4 Å². The number of carbonyl (C=O) groups excluding carboxylic acids is 1. The molecule has 1 aliphatic heterocycles. The Bertz CT molecular complexity index is 944. The molecule has 0 radical (unpaired) electrons. The van der Waals surface area contributed by atoms with Crippen molar-refractivity contribution in [1.82, 2.24) is 4.90 Å². The molecule has 0 saturated carbocycles. The Balaban J connectivity index is 0.00000300. The average Bonchev–Trinajstić information content (AvgIpc) is 2.70. The highest BCUT2D eigenvalue weighted by molar-refractivity contribution is 6.07. The maximum Gasteiger partial charge on any atom is 0.267 e. The van der Waals surface area contributed by atoms with E-state index in [1.54, 1.807) is 24.4 Å². The molecule has 0 bridgehead atoms. The van der Waals surface area contributed by atoms with E-state index in [1.807, 2.05) is 11.0 Å². The monoisotopic (exact) mass is 412 g/mol. The van der Waals surface area contributed by atoms with Crippen LogP contribution in [0.3, 0.4) is 0 Å². The number of nitriles is 1. The zero-order valence-electron chi connectivity index (χ0n) is 16.6. The summed E-state index contributed by atoms with van der Waals surface area (Å²) in [7, 11) is 0. The van der Waals surface area contributed by atoms with Gasteiger partial charge in [-0.15, -0.1) is 12.4 Å². The molecule has 1 aliphatic rings. The predicted octanol–water partition coefficient (Wildman–Crippen LogP) is 3.60. The second-order valence-electron chi connectivity index (χ2n) is 6.87. The topological polar surface area (TPSA) is 79.6 Å². The van der Waals surface area contributed by atoms with Gasteiger partial charge >= 0.3 is 0 Å². The number of hydrogen-bond donors (Lipinski definition) is 2. The highest BCUT2D eigenvalue weighted by atomic mass is 35.5. The molecule has 2 N–H and O–H groups in total. The van der Waals surface area contributed by atoms with Crippen molar-refractivity contribution in [2.45, 2.75) is 13.8 Å². The molecule has 2 aromatic rings. The zero-order chi connectivity index (χ0) is 20.1. The third kappa shape index (κ3) is 5.21. The normalized spacial score (nSPS) is 14.0. The second kappa shape index (κ2) is 9.85. The van der Waals surface area contributed by atoms with Crippen molar-refractivity contribution in [2.75, 3.05) is 36.4 Å². The van der Waals surface area contributed by atoms with Crippen LogP contribution in [0.4, 0.5) is 11.4 Å². The van der Waals surface area contributed by atoms with E-state index in [1.165, 1.54) is 22.9 Å². The number of carbonyl (C=O) groups is 1. The summed E-state index contributed by atoms with van der Waals surface area (Å²) in [5.41, 5.74) is 4.09. The van der Waals surface area contributed by atoms with E-state index in [2.05, 4.69) is 42.3 Å². The molecule has 0 aliphatic carbocycles. The minimum atomic E-state index is -0.527. The molecule has 0 unspecified atom stereocenters. The molecule has 0 atom stereocenters. The number of para-hydroxylation sites is 2. The molecule has 1 fully saturated rings. The first-order valence-corrected chi connectivity index (χ1v) is 9.26. The Kier molecular flexibility index (Phi) is 7.52. The van der Waals surface area contributed by atoms with Crippen molar-refractivity contribution in [1.29, 1.82) is 5.26 Å². The number of anilines is 2. The first kappa shape index (κ1) is 22.1. The van der Waals surface area contributed by atoms with Gasteiger partial charge in [0.15, 0.2) is 0 Å². The standard InChI is InChI=1S/C22H24N4O2.ClH/c1-16-6-5-8-20(17(16)2)26-12-10-25(11-13-26)15-18(14-23)22(28)24-19-7-3-4-9-21(19)27;/h3-9,15,27H,10-13H2,1-2H3,(H,24,28);1H/b18-15-;. The molecule has 152 valence electrons. The van der Waals surface area contributed by atoms with E-state index >= 15 is 0 Å². The number of nitrogens with zero attached hydrogens (tertiary/aromatic N) is 3. The summed E-state index contributed by atoms with van der Waals surface area (Å²) in [6, 6.07) is 14.7. The van der Waals surface area contributed by atoms with Crippen molar-refractivity contribution < 1.29 is 9.90 Å². The van der Waals surface area contributed by atoms with E-state index in [4.69, 9.17) is 0 Å². The minimum absolute atomic E-state index is 0. The Morgan fingerprint density at radius 1 is 1.10 bits per heavy atom. The van der Waals surface area contributed by atoms with Crippen molar-refractivity contribution >= 4 is 29.7 Å². The van der Waals surface area contributed by atoms with E-state index < -0.39 is 5.91 Å². The van der Waals surface area contributed by atoms with Crippen molar-refractivity contribution in [2.24, 2.45) is 0 Å². The van der Waals surface area contributed by atoms with Crippen LogP contribution in [0.1, 0.15) is 11.1 Å². The van der Waals surface area contributed by atoms with Crippen molar-refractivity contribution in [3.05, 3.63) is 65.4 Å². The quantitative estimate of drug-likeness (QED) is 0.455. The predicted molar refractivity (Wildman–Crippen MR) is 117 cm³/mol. The molecule has 1 heterocycles. The number of rotatable bonds is 4. The van der Waals surface area contributed by atoms with Crippen LogP contribution in [0.5, 0.6) is 5.75 Å². The van der Waals surface area contributed by atoms with Crippen molar-refractivity contribution in [3.8, 4) is 11.8 Å². The van der Waals surface area contributed by atoms with Crippen LogP contribution in [0.25, 0.3) is 0 Å². The van der Waals surface area contributed by atoms with Crippen LogP contribution in [0, 0.1) is 25.2 Å². The number of benzene rings is 2. The number of phenolic OH excluding ortho intramolecular Hbond substituents is 1. The summed E-state index contributed by atoms with van der Waals surface area (Å²) < 4.78 is 0. The van der Waals surface area contributed by atoms with Crippen molar-refractivity contribution in [3.63, 3.8) is 0 Å². The van der Waals surface area contributed by atoms with Gasteiger partial charge in [0.05, 0.1) is 5.69 Å². The number of aromatic hydroxyl groups is 1. The van der Waals surface area contributed by atoms with Crippen LogP contribution in [0.15, 0.2) is 54.2 Å². The molecular formula is C22H25ClN4O2. The largest absolute Gasteiger partial charge is 0.506 e. The average molecular weight is 413 g/mol. The van der Waals surface area contributed by atoms with Gasteiger partial charge in [-0.3, -0.25) is 4.79 Å². The summed E-state index contributed by atoms with van der Waals surface area (Å²) in [5, 5.41) is 21.8. The van der Waals surface area contributed by atoms with Gasteiger partial charge in [0.2, 0.25) is 0 Å². The molecule has 0 spiro atoms. The lowest BCUT2D eigenvalue weighted by Crippen LogP contribution is -2.44. The Hall–Kier alpha value is -3.17. The van der Waals surface area contributed by atoms with Gasteiger partial charge in [0.1, 0.15) is 17.4 Å². The maximum atomic E-state index is 12.4. The highest BCUT2D eigenvalue weighted by Gasteiger charge is 2.19. The van der Waals surface area contributed by atoms with Crippen LogP contribution < -0.4 is 10.2 Å². The van der Waals surface area contributed by atoms with Crippen LogP contribution in [-0.2, 0) is 4.79 Å². The Morgan fingerprint density at radius 2 is 1.79 bits per heavy atom. The number of hydrogen-bond acceptors (Lipinski definition) is 5. The molecule has 29 heavy (non-hydrogen) atoms. The van der Waals surface area contributed by atoms with Gasteiger partial charge in [-0.25, -0.2) is 0 Å². The molecule has 7 heteroatoms. The summed E-state index contributed by atoms with van der Waals surface area (Å²) in [6.07, 6.45) is 1.61.